The average Bonchev–Trinajstić information content (AvgIpc) is 2.40. The molecule has 4 nitrogen and oxygen atoms in total. The quantitative estimate of drug-likeness (QED) is 0.621. The number of carbonyl (C=O) groups excluding carboxylic acids is 1. The van der Waals surface area contributed by atoms with Crippen molar-refractivity contribution in [3.63, 3.8) is 0 Å². The average molecular weight is 295 g/mol. The van der Waals surface area contributed by atoms with Gasteiger partial charge in [-0.15, -0.1) is 11.8 Å². The van der Waals surface area contributed by atoms with Crippen molar-refractivity contribution in [1.82, 2.24) is 9.97 Å². The third-order valence-electron chi connectivity index (χ3n) is 2.17. The van der Waals surface area contributed by atoms with Crippen molar-refractivity contribution in [2.45, 2.75) is 11.8 Å². The zero-order valence-corrected chi connectivity index (χ0v) is 11.7. The number of aromatic nitrogens is 2. The molecule has 0 unspecified atom stereocenters. The standard InChI is InChI=1S/C13H11ClN2O2S/c1-2-19-10-7-9(8-16-12(10)13(14)17)18-11-5-3-4-6-15-11/h3-8H,2H2,1H3. The Morgan fingerprint density at radius 2 is 2.26 bits per heavy atom. The monoisotopic (exact) mass is 294 g/mol. The van der Waals surface area contributed by atoms with Gasteiger partial charge in [0.2, 0.25) is 5.88 Å². The van der Waals surface area contributed by atoms with Crippen LogP contribution in [0.3, 0.4) is 0 Å². The molecular formula is C13H11ClN2O2S. The van der Waals surface area contributed by atoms with Gasteiger partial charge in [0.15, 0.2) is 0 Å². The molecule has 0 aliphatic rings. The fraction of sp³-hybridized carbons (Fsp3) is 0.154. The van der Waals surface area contributed by atoms with Crippen molar-refractivity contribution in [3.05, 3.63) is 42.4 Å². The topological polar surface area (TPSA) is 52.1 Å². The van der Waals surface area contributed by atoms with E-state index in [1.807, 2.05) is 13.0 Å². The van der Waals surface area contributed by atoms with E-state index in [1.54, 1.807) is 24.4 Å². The smallest absolute Gasteiger partial charge is 0.271 e. The number of ether oxygens (including phenoxy) is 1. The van der Waals surface area contributed by atoms with Crippen LogP contribution in [0.1, 0.15) is 17.4 Å². The van der Waals surface area contributed by atoms with Crippen molar-refractivity contribution in [1.29, 1.82) is 0 Å². The highest BCUT2D eigenvalue weighted by molar-refractivity contribution is 7.99. The van der Waals surface area contributed by atoms with Gasteiger partial charge in [-0.3, -0.25) is 4.79 Å². The normalized spacial score (nSPS) is 10.2. The van der Waals surface area contributed by atoms with Crippen LogP contribution in [0.25, 0.3) is 0 Å². The van der Waals surface area contributed by atoms with E-state index < -0.39 is 5.24 Å². The van der Waals surface area contributed by atoms with Gasteiger partial charge in [-0.2, -0.15) is 0 Å². The first-order valence-corrected chi connectivity index (χ1v) is 6.98. The lowest BCUT2D eigenvalue weighted by atomic mass is 10.3. The summed E-state index contributed by atoms with van der Waals surface area (Å²) < 4.78 is 5.56. The third-order valence-corrected chi connectivity index (χ3v) is 3.26. The molecule has 0 aliphatic heterocycles. The summed E-state index contributed by atoms with van der Waals surface area (Å²) in [6.45, 7) is 1.99. The lowest BCUT2D eigenvalue weighted by molar-refractivity contribution is 0.107. The van der Waals surface area contributed by atoms with Crippen LogP contribution in [0.15, 0.2) is 41.6 Å². The molecule has 0 saturated carbocycles. The van der Waals surface area contributed by atoms with Gasteiger partial charge in [-0.25, -0.2) is 9.97 Å². The summed E-state index contributed by atoms with van der Waals surface area (Å²) in [6.07, 6.45) is 3.10. The van der Waals surface area contributed by atoms with Gasteiger partial charge in [0.05, 0.1) is 6.20 Å². The highest BCUT2D eigenvalue weighted by atomic mass is 35.5. The molecule has 2 aromatic rings. The van der Waals surface area contributed by atoms with E-state index in [1.165, 1.54) is 18.0 Å². The summed E-state index contributed by atoms with van der Waals surface area (Å²) in [6, 6.07) is 7.12. The van der Waals surface area contributed by atoms with Crippen LogP contribution >= 0.6 is 23.4 Å². The first-order chi connectivity index (χ1) is 9.20. The molecule has 0 aromatic carbocycles. The minimum absolute atomic E-state index is 0.252. The largest absolute Gasteiger partial charge is 0.437 e. The second kappa shape index (κ2) is 6.54. The van der Waals surface area contributed by atoms with Gasteiger partial charge < -0.3 is 4.74 Å². The number of pyridine rings is 2. The van der Waals surface area contributed by atoms with Crippen molar-refractivity contribution in [3.8, 4) is 11.6 Å². The van der Waals surface area contributed by atoms with Crippen LogP contribution in [-0.4, -0.2) is 21.0 Å². The number of thioether (sulfide) groups is 1. The molecule has 98 valence electrons. The van der Waals surface area contributed by atoms with Gasteiger partial charge in [-0.05, 0) is 29.5 Å². The molecule has 0 aliphatic carbocycles. The Balaban J connectivity index is 2.27. The minimum Gasteiger partial charge on any atom is -0.437 e. The van der Waals surface area contributed by atoms with Gasteiger partial charge >= 0.3 is 0 Å². The summed E-state index contributed by atoms with van der Waals surface area (Å²) in [5.74, 6) is 1.81. The van der Waals surface area contributed by atoms with E-state index >= 15 is 0 Å². The van der Waals surface area contributed by atoms with Gasteiger partial charge in [0.1, 0.15) is 11.4 Å². The summed E-state index contributed by atoms with van der Waals surface area (Å²) in [5.41, 5.74) is 0.252. The molecule has 0 fully saturated rings. The predicted octanol–water partition coefficient (Wildman–Crippen LogP) is 3.76. The Morgan fingerprint density at radius 3 is 2.89 bits per heavy atom. The van der Waals surface area contributed by atoms with E-state index in [4.69, 9.17) is 16.3 Å². The Labute approximate surface area is 120 Å². The second-order valence-electron chi connectivity index (χ2n) is 3.49. The lowest BCUT2D eigenvalue weighted by Crippen LogP contribution is -1.98. The van der Waals surface area contributed by atoms with Gasteiger partial charge in [0.25, 0.3) is 5.24 Å². The fourth-order valence-electron chi connectivity index (χ4n) is 1.42. The summed E-state index contributed by atoms with van der Waals surface area (Å²) in [4.78, 5) is 20.0. The molecule has 2 heterocycles. The van der Waals surface area contributed by atoms with Crippen LogP contribution in [-0.2, 0) is 0 Å². The van der Waals surface area contributed by atoms with Crippen molar-refractivity contribution in [2.75, 3.05) is 5.75 Å². The number of rotatable bonds is 5. The molecule has 0 amide bonds. The molecule has 0 saturated heterocycles. The Kier molecular flexibility index (Phi) is 4.76. The van der Waals surface area contributed by atoms with Gasteiger partial charge in [-0.1, -0.05) is 13.0 Å². The Morgan fingerprint density at radius 1 is 1.42 bits per heavy atom. The van der Waals surface area contributed by atoms with E-state index in [9.17, 15) is 4.79 Å². The minimum atomic E-state index is -0.569. The van der Waals surface area contributed by atoms with Crippen LogP contribution in [0.4, 0.5) is 0 Å². The highest BCUT2D eigenvalue weighted by Gasteiger charge is 2.12. The van der Waals surface area contributed by atoms with Crippen LogP contribution in [0.5, 0.6) is 11.6 Å². The maximum absolute atomic E-state index is 11.2. The van der Waals surface area contributed by atoms with Crippen molar-refractivity contribution >= 4 is 28.6 Å². The number of hydrogen-bond donors (Lipinski definition) is 0. The molecular weight excluding hydrogens is 284 g/mol. The van der Waals surface area contributed by atoms with E-state index in [-0.39, 0.29) is 5.69 Å². The van der Waals surface area contributed by atoms with E-state index in [0.717, 1.165) is 5.75 Å². The third kappa shape index (κ3) is 3.68. The number of nitrogens with zero attached hydrogens (tertiary/aromatic N) is 2. The van der Waals surface area contributed by atoms with Crippen LogP contribution < -0.4 is 4.74 Å². The Bertz CT molecular complexity index is 578. The van der Waals surface area contributed by atoms with E-state index in [0.29, 0.717) is 16.5 Å². The lowest BCUT2D eigenvalue weighted by Gasteiger charge is -2.08. The molecule has 0 N–H and O–H groups in total. The number of halogens is 1. The molecule has 6 heteroatoms. The molecule has 2 aromatic heterocycles. The van der Waals surface area contributed by atoms with Crippen LogP contribution in [0.2, 0.25) is 0 Å². The van der Waals surface area contributed by atoms with E-state index in [2.05, 4.69) is 9.97 Å². The summed E-state index contributed by atoms with van der Waals surface area (Å²) in [7, 11) is 0. The Hall–Kier alpha value is -1.59. The number of carbonyl (C=O) groups is 1. The molecule has 19 heavy (non-hydrogen) atoms. The maximum Gasteiger partial charge on any atom is 0.271 e. The second-order valence-corrected chi connectivity index (χ2v) is 5.14. The predicted molar refractivity (Wildman–Crippen MR) is 75.1 cm³/mol. The maximum atomic E-state index is 11.2. The number of hydrogen-bond acceptors (Lipinski definition) is 5. The van der Waals surface area contributed by atoms with Crippen LogP contribution in [0, 0.1) is 0 Å². The molecule has 0 bridgehead atoms. The first kappa shape index (κ1) is 13.8. The fourth-order valence-corrected chi connectivity index (χ4v) is 2.42. The summed E-state index contributed by atoms with van der Waals surface area (Å²) >= 11 is 6.98. The highest BCUT2D eigenvalue weighted by Crippen LogP contribution is 2.28. The molecule has 2 rings (SSSR count). The SMILES string of the molecule is CCSc1cc(Oc2ccccn2)cnc1C(=O)Cl. The summed E-state index contributed by atoms with van der Waals surface area (Å²) in [5, 5.41) is -0.569. The first-order valence-electron chi connectivity index (χ1n) is 5.62. The molecule has 0 atom stereocenters. The van der Waals surface area contributed by atoms with Gasteiger partial charge in [0, 0.05) is 17.2 Å². The molecule has 0 spiro atoms. The van der Waals surface area contributed by atoms with Crippen molar-refractivity contribution < 1.29 is 9.53 Å². The zero-order valence-electron chi connectivity index (χ0n) is 10.2. The van der Waals surface area contributed by atoms with Crippen molar-refractivity contribution in [2.24, 2.45) is 0 Å². The molecule has 0 radical (unpaired) electrons. The zero-order chi connectivity index (χ0) is 13.7.